The molecule has 0 bridgehead atoms. The number of carbonyl (C=O) groups is 1. The Bertz CT molecular complexity index is 685. The number of fused-ring (bicyclic) bond motifs is 1. The minimum absolute atomic E-state index is 0.0234. The van der Waals surface area contributed by atoms with Crippen molar-refractivity contribution in [2.24, 2.45) is 0 Å². The third kappa shape index (κ3) is 2.85. The highest BCUT2D eigenvalue weighted by atomic mass is 32.1. The number of nitrogens with one attached hydrogen (secondary N) is 2. The Morgan fingerprint density at radius 2 is 2.23 bits per heavy atom. The Kier molecular flexibility index (Phi) is 3.67. The van der Waals surface area contributed by atoms with Gasteiger partial charge in [-0.1, -0.05) is 0 Å². The summed E-state index contributed by atoms with van der Waals surface area (Å²) in [6, 6.07) is 1.17. The molecule has 9 heteroatoms. The van der Waals surface area contributed by atoms with Crippen LogP contribution in [-0.4, -0.2) is 21.1 Å². The highest BCUT2D eigenvalue weighted by molar-refractivity contribution is 7.14. The molecule has 1 amide bonds. The fourth-order valence-electron chi connectivity index (χ4n) is 2.37. The lowest BCUT2D eigenvalue weighted by molar-refractivity contribution is -0.144. The summed E-state index contributed by atoms with van der Waals surface area (Å²) >= 11 is 1.44. The molecule has 1 aliphatic carbocycles. The molecule has 0 aliphatic heterocycles. The predicted molar refractivity (Wildman–Crippen MR) is 73.6 cm³/mol. The minimum atomic E-state index is -4.60. The van der Waals surface area contributed by atoms with Gasteiger partial charge >= 0.3 is 6.18 Å². The van der Waals surface area contributed by atoms with Crippen LogP contribution in [0.3, 0.4) is 0 Å². The number of H-pyrrole nitrogens is 1. The maximum atomic E-state index is 12.5. The molecule has 1 aliphatic rings. The Hall–Kier alpha value is -1.90. The summed E-state index contributed by atoms with van der Waals surface area (Å²) in [6.07, 6.45) is -1.53. The maximum absolute atomic E-state index is 12.5. The second kappa shape index (κ2) is 5.38. The third-order valence-corrected chi connectivity index (χ3v) is 4.72. The molecular weight excluding hydrogens is 317 g/mol. The van der Waals surface area contributed by atoms with E-state index in [2.05, 4.69) is 20.5 Å². The monoisotopic (exact) mass is 330 g/mol. The molecule has 3 rings (SSSR count). The molecule has 118 valence electrons. The quantitative estimate of drug-likeness (QED) is 0.909. The van der Waals surface area contributed by atoms with Crippen molar-refractivity contribution >= 4 is 17.2 Å². The first-order valence-corrected chi connectivity index (χ1v) is 7.58. The summed E-state index contributed by atoms with van der Waals surface area (Å²) in [4.78, 5) is 17.3. The molecule has 0 spiro atoms. The summed E-state index contributed by atoms with van der Waals surface area (Å²) < 4.78 is 37.4. The van der Waals surface area contributed by atoms with Crippen molar-refractivity contribution < 1.29 is 18.0 Å². The van der Waals surface area contributed by atoms with Crippen LogP contribution in [-0.2, 0) is 19.0 Å². The lowest BCUT2D eigenvalue weighted by atomic mass is 10.2. The van der Waals surface area contributed by atoms with Crippen LogP contribution in [0.1, 0.15) is 51.1 Å². The van der Waals surface area contributed by atoms with Crippen LogP contribution in [0, 0.1) is 0 Å². The zero-order chi connectivity index (χ0) is 15.9. The Labute approximate surface area is 128 Å². The SMILES string of the molecule is CC(NC(=O)c1cc2c(s1)CCC2)c1nc(C(F)(F)F)n[nH]1. The van der Waals surface area contributed by atoms with E-state index in [0.717, 1.165) is 19.3 Å². The van der Waals surface area contributed by atoms with Gasteiger partial charge in [0.1, 0.15) is 5.82 Å². The number of aromatic amines is 1. The summed E-state index contributed by atoms with van der Waals surface area (Å²) in [7, 11) is 0. The number of thiophene rings is 1. The molecule has 2 heterocycles. The Morgan fingerprint density at radius 1 is 1.45 bits per heavy atom. The standard InChI is InChI=1S/C13H13F3N4OS/c1-6(10-18-12(20-19-10)13(14,15)16)17-11(21)9-5-7-3-2-4-8(7)22-9/h5-6H,2-4H2,1H3,(H,17,21)(H,18,19,20). The van der Waals surface area contributed by atoms with Gasteiger partial charge in [-0.3, -0.25) is 9.89 Å². The molecule has 2 aromatic rings. The molecule has 5 nitrogen and oxygen atoms in total. The van der Waals surface area contributed by atoms with Gasteiger partial charge in [-0.15, -0.1) is 16.4 Å². The molecule has 0 fully saturated rings. The Morgan fingerprint density at radius 3 is 2.86 bits per heavy atom. The van der Waals surface area contributed by atoms with Crippen LogP contribution < -0.4 is 5.32 Å². The average Bonchev–Trinajstić information content (AvgIpc) is 3.12. The second-order valence-electron chi connectivity index (χ2n) is 5.15. The number of rotatable bonds is 3. The smallest absolute Gasteiger partial charge is 0.342 e. The molecular formula is C13H13F3N4OS. The van der Waals surface area contributed by atoms with E-state index in [9.17, 15) is 18.0 Å². The molecule has 0 radical (unpaired) electrons. The first-order valence-electron chi connectivity index (χ1n) is 6.76. The number of carbonyl (C=O) groups excluding carboxylic acids is 1. The topological polar surface area (TPSA) is 70.7 Å². The van der Waals surface area contributed by atoms with Gasteiger partial charge in [0, 0.05) is 4.88 Å². The van der Waals surface area contributed by atoms with Crippen molar-refractivity contribution in [3.8, 4) is 0 Å². The van der Waals surface area contributed by atoms with E-state index < -0.39 is 18.0 Å². The second-order valence-corrected chi connectivity index (χ2v) is 6.29. The van der Waals surface area contributed by atoms with Crippen LogP contribution in [0.15, 0.2) is 6.07 Å². The summed E-state index contributed by atoms with van der Waals surface area (Å²) in [6.45, 7) is 1.56. The number of alkyl halides is 3. The predicted octanol–water partition coefficient (Wildman–Crippen LogP) is 2.86. The lowest BCUT2D eigenvalue weighted by Crippen LogP contribution is -2.26. The van der Waals surface area contributed by atoms with E-state index in [1.54, 1.807) is 6.92 Å². The van der Waals surface area contributed by atoms with E-state index in [0.29, 0.717) is 4.88 Å². The van der Waals surface area contributed by atoms with Crippen LogP contribution in [0.4, 0.5) is 13.2 Å². The zero-order valence-electron chi connectivity index (χ0n) is 11.6. The molecule has 0 aromatic carbocycles. The van der Waals surface area contributed by atoms with Crippen molar-refractivity contribution in [1.82, 2.24) is 20.5 Å². The highest BCUT2D eigenvalue weighted by Crippen LogP contribution is 2.31. The summed E-state index contributed by atoms with van der Waals surface area (Å²) in [5, 5.41) is 7.97. The number of hydrogen-bond acceptors (Lipinski definition) is 4. The number of nitrogens with zero attached hydrogens (tertiary/aromatic N) is 2. The third-order valence-electron chi connectivity index (χ3n) is 3.48. The maximum Gasteiger partial charge on any atom is 0.453 e. The van der Waals surface area contributed by atoms with Crippen LogP contribution in [0.25, 0.3) is 0 Å². The van der Waals surface area contributed by atoms with Gasteiger partial charge in [0.25, 0.3) is 11.7 Å². The van der Waals surface area contributed by atoms with E-state index in [4.69, 9.17) is 0 Å². The molecule has 1 atom stereocenters. The average molecular weight is 330 g/mol. The van der Waals surface area contributed by atoms with Crippen LogP contribution in [0.5, 0.6) is 0 Å². The number of aromatic nitrogens is 3. The van der Waals surface area contributed by atoms with Gasteiger partial charge in [0.15, 0.2) is 0 Å². The van der Waals surface area contributed by atoms with Gasteiger partial charge in [-0.25, -0.2) is 4.98 Å². The first kappa shape index (κ1) is 15.0. The number of halogens is 3. The Balaban J connectivity index is 1.69. The number of hydrogen-bond donors (Lipinski definition) is 2. The largest absolute Gasteiger partial charge is 0.453 e. The highest BCUT2D eigenvalue weighted by Gasteiger charge is 2.36. The van der Waals surface area contributed by atoms with E-state index in [1.807, 2.05) is 6.07 Å². The summed E-state index contributed by atoms with van der Waals surface area (Å²) in [5.41, 5.74) is 1.20. The molecule has 0 saturated carbocycles. The van der Waals surface area contributed by atoms with Gasteiger partial charge in [-0.05, 0) is 37.8 Å². The number of aryl methyl sites for hydroxylation is 2. The molecule has 22 heavy (non-hydrogen) atoms. The fraction of sp³-hybridized carbons (Fsp3) is 0.462. The normalized spacial score (nSPS) is 15.6. The van der Waals surface area contributed by atoms with Gasteiger partial charge < -0.3 is 5.32 Å². The van der Waals surface area contributed by atoms with Crippen molar-refractivity contribution in [3.63, 3.8) is 0 Å². The van der Waals surface area contributed by atoms with E-state index in [-0.39, 0.29) is 11.7 Å². The molecule has 2 N–H and O–H groups in total. The van der Waals surface area contributed by atoms with Gasteiger partial charge in [-0.2, -0.15) is 13.2 Å². The fourth-order valence-corrected chi connectivity index (χ4v) is 3.53. The van der Waals surface area contributed by atoms with E-state index >= 15 is 0 Å². The van der Waals surface area contributed by atoms with Crippen molar-refractivity contribution in [3.05, 3.63) is 33.0 Å². The molecule has 2 aromatic heterocycles. The van der Waals surface area contributed by atoms with Crippen molar-refractivity contribution in [2.45, 2.75) is 38.4 Å². The van der Waals surface area contributed by atoms with Crippen LogP contribution in [0.2, 0.25) is 0 Å². The summed E-state index contributed by atoms with van der Waals surface area (Å²) in [5.74, 6) is -1.57. The first-order chi connectivity index (χ1) is 10.3. The molecule has 0 saturated heterocycles. The van der Waals surface area contributed by atoms with Gasteiger partial charge in [0.2, 0.25) is 0 Å². The number of amides is 1. The minimum Gasteiger partial charge on any atom is -0.342 e. The van der Waals surface area contributed by atoms with Gasteiger partial charge in [0.05, 0.1) is 10.9 Å². The molecule has 1 unspecified atom stereocenters. The van der Waals surface area contributed by atoms with Crippen molar-refractivity contribution in [2.75, 3.05) is 0 Å². The van der Waals surface area contributed by atoms with Crippen molar-refractivity contribution in [1.29, 1.82) is 0 Å². The van der Waals surface area contributed by atoms with E-state index in [1.165, 1.54) is 21.8 Å². The van der Waals surface area contributed by atoms with Crippen LogP contribution >= 0.6 is 11.3 Å². The zero-order valence-corrected chi connectivity index (χ0v) is 12.4. The lowest BCUT2D eigenvalue weighted by Gasteiger charge is -2.09.